The van der Waals surface area contributed by atoms with Gasteiger partial charge in [-0.25, -0.2) is 12.8 Å². The van der Waals surface area contributed by atoms with Crippen molar-refractivity contribution >= 4 is 44.3 Å². The summed E-state index contributed by atoms with van der Waals surface area (Å²) in [5.41, 5.74) is 0.965. The highest BCUT2D eigenvalue weighted by molar-refractivity contribution is 7.92. The second kappa shape index (κ2) is 5.96. The Morgan fingerprint density at radius 1 is 1.16 bits per heavy atom. The summed E-state index contributed by atoms with van der Waals surface area (Å²) in [7, 11) is -3.40. The number of fused-ring (bicyclic) bond motifs is 1. The normalized spacial score (nSPS) is 16.2. The lowest BCUT2D eigenvalue weighted by molar-refractivity contribution is 0.179. The molecule has 2 aromatic carbocycles. The SMILES string of the molecule is CC1(C)Oc2cc(NS(C)(=O)=O)ccc2N(c2ccc(F)cc2)C1=S. The summed E-state index contributed by atoms with van der Waals surface area (Å²) in [6.45, 7) is 3.65. The molecule has 1 N–H and O–H groups in total. The van der Waals surface area contributed by atoms with Crippen molar-refractivity contribution in [3.8, 4) is 5.75 Å². The van der Waals surface area contributed by atoms with Crippen molar-refractivity contribution in [2.24, 2.45) is 0 Å². The van der Waals surface area contributed by atoms with Crippen LogP contribution in [0.2, 0.25) is 0 Å². The molecule has 0 bridgehead atoms. The van der Waals surface area contributed by atoms with Gasteiger partial charge in [0, 0.05) is 11.8 Å². The third-order valence-corrected chi connectivity index (χ3v) is 4.95. The van der Waals surface area contributed by atoms with Crippen LogP contribution in [0.4, 0.5) is 21.5 Å². The van der Waals surface area contributed by atoms with E-state index < -0.39 is 15.6 Å². The fourth-order valence-electron chi connectivity index (χ4n) is 2.60. The number of halogens is 1. The molecule has 132 valence electrons. The molecule has 0 saturated heterocycles. The first-order valence-electron chi connectivity index (χ1n) is 7.48. The average molecular weight is 380 g/mol. The Morgan fingerprint density at radius 3 is 2.40 bits per heavy atom. The van der Waals surface area contributed by atoms with Gasteiger partial charge in [0.2, 0.25) is 10.0 Å². The van der Waals surface area contributed by atoms with E-state index in [1.54, 1.807) is 35.2 Å². The smallest absolute Gasteiger partial charge is 0.229 e. The van der Waals surface area contributed by atoms with Gasteiger partial charge in [-0.2, -0.15) is 0 Å². The molecular formula is C17H17FN2O3S2. The van der Waals surface area contributed by atoms with Gasteiger partial charge in [-0.15, -0.1) is 0 Å². The first-order chi connectivity index (χ1) is 11.6. The predicted octanol–water partition coefficient (Wildman–Crippen LogP) is 3.83. The molecule has 8 heteroatoms. The van der Waals surface area contributed by atoms with Crippen molar-refractivity contribution in [1.29, 1.82) is 0 Å². The second-order valence-corrected chi connectivity index (χ2v) is 8.42. The van der Waals surface area contributed by atoms with Crippen LogP contribution in [0.25, 0.3) is 0 Å². The van der Waals surface area contributed by atoms with Crippen LogP contribution in [0.5, 0.6) is 5.75 Å². The zero-order valence-corrected chi connectivity index (χ0v) is 15.5. The number of thiocarbonyl (C=S) groups is 1. The van der Waals surface area contributed by atoms with E-state index in [-0.39, 0.29) is 5.82 Å². The van der Waals surface area contributed by atoms with Crippen LogP contribution in [0.3, 0.4) is 0 Å². The van der Waals surface area contributed by atoms with Crippen LogP contribution >= 0.6 is 12.2 Å². The Morgan fingerprint density at radius 2 is 1.80 bits per heavy atom. The zero-order valence-electron chi connectivity index (χ0n) is 13.9. The number of sulfonamides is 1. The van der Waals surface area contributed by atoms with Gasteiger partial charge in [-0.05, 0) is 50.2 Å². The monoisotopic (exact) mass is 380 g/mol. The van der Waals surface area contributed by atoms with Crippen LogP contribution in [0, 0.1) is 5.82 Å². The minimum atomic E-state index is -3.40. The summed E-state index contributed by atoms with van der Waals surface area (Å²) < 4.78 is 44.6. The predicted molar refractivity (Wildman–Crippen MR) is 101 cm³/mol. The summed E-state index contributed by atoms with van der Waals surface area (Å²) in [6, 6.07) is 10.9. The van der Waals surface area contributed by atoms with Crippen LogP contribution in [-0.4, -0.2) is 25.3 Å². The minimum absolute atomic E-state index is 0.338. The van der Waals surface area contributed by atoms with E-state index in [4.69, 9.17) is 17.0 Å². The van der Waals surface area contributed by atoms with Crippen LogP contribution in [-0.2, 0) is 10.0 Å². The maximum Gasteiger partial charge on any atom is 0.229 e. The second-order valence-electron chi connectivity index (χ2n) is 6.29. The van der Waals surface area contributed by atoms with E-state index in [1.807, 2.05) is 13.8 Å². The van der Waals surface area contributed by atoms with E-state index in [0.29, 0.717) is 27.8 Å². The summed E-state index contributed by atoms with van der Waals surface area (Å²) >= 11 is 5.57. The Labute approximate surface area is 151 Å². The number of rotatable bonds is 3. The lowest BCUT2D eigenvalue weighted by Gasteiger charge is -2.41. The summed E-state index contributed by atoms with van der Waals surface area (Å²) in [6.07, 6.45) is 1.08. The number of hydrogen-bond acceptors (Lipinski definition) is 4. The third-order valence-electron chi connectivity index (χ3n) is 3.67. The summed E-state index contributed by atoms with van der Waals surface area (Å²) in [5, 5.41) is 0. The van der Waals surface area contributed by atoms with Gasteiger partial charge >= 0.3 is 0 Å². The highest BCUT2D eigenvalue weighted by atomic mass is 32.2. The van der Waals surface area contributed by atoms with E-state index in [0.717, 1.165) is 6.26 Å². The largest absolute Gasteiger partial charge is 0.478 e. The molecular weight excluding hydrogens is 363 g/mol. The summed E-state index contributed by atoms with van der Waals surface area (Å²) in [5.74, 6) is 0.145. The molecule has 1 heterocycles. The van der Waals surface area contributed by atoms with Crippen LogP contribution < -0.4 is 14.4 Å². The molecule has 0 atom stereocenters. The van der Waals surface area contributed by atoms with Crippen LogP contribution in [0.1, 0.15) is 13.8 Å². The standard InChI is InChI=1S/C17H17FN2O3S2/c1-17(2)16(24)20(13-7-4-11(18)5-8-13)14-9-6-12(10-15(14)23-17)19-25(3,21)22/h4-10,19H,1-3H3. The minimum Gasteiger partial charge on any atom is -0.478 e. The van der Waals surface area contributed by atoms with Gasteiger partial charge in [0.05, 0.1) is 17.6 Å². The van der Waals surface area contributed by atoms with E-state index in [9.17, 15) is 12.8 Å². The molecule has 0 unspecified atom stereocenters. The number of anilines is 3. The molecule has 0 amide bonds. The average Bonchev–Trinajstić information content (AvgIpc) is 2.48. The fraction of sp³-hybridized carbons (Fsp3) is 0.235. The van der Waals surface area contributed by atoms with Crippen molar-refractivity contribution in [2.75, 3.05) is 15.9 Å². The fourth-order valence-corrected chi connectivity index (χ4v) is 3.40. The van der Waals surface area contributed by atoms with Gasteiger partial charge in [-0.3, -0.25) is 9.62 Å². The maximum absolute atomic E-state index is 13.3. The van der Waals surface area contributed by atoms with Gasteiger partial charge in [-0.1, -0.05) is 12.2 Å². The van der Waals surface area contributed by atoms with Crippen LogP contribution in [0.15, 0.2) is 42.5 Å². The molecule has 1 aliphatic rings. The topological polar surface area (TPSA) is 58.6 Å². The maximum atomic E-state index is 13.3. The molecule has 0 aliphatic carbocycles. The zero-order chi connectivity index (χ0) is 18.4. The van der Waals surface area contributed by atoms with Gasteiger partial charge in [0.25, 0.3) is 0 Å². The van der Waals surface area contributed by atoms with Gasteiger partial charge in [0.15, 0.2) is 5.60 Å². The van der Waals surface area contributed by atoms with E-state index in [1.165, 1.54) is 12.1 Å². The molecule has 25 heavy (non-hydrogen) atoms. The molecule has 2 aromatic rings. The van der Waals surface area contributed by atoms with Gasteiger partial charge < -0.3 is 4.74 Å². The third kappa shape index (κ3) is 3.59. The van der Waals surface area contributed by atoms with Crippen molar-refractivity contribution in [1.82, 2.24) is 0 Å². The molecule has 0 radical (unpaired) electrons. The lowest BCUT2D eigenvalue weighted by Crippen LogP contribution is -2.49. The van der Waals surface area contributed by atoms with Crippen molar-refractivity contribution in [2.45, 2.75) is 19.4 Å². The molecule has 0 saturated carbocycles. The van der Waals surface area contributed by atoms with E-state index >= 15 is 0 Å². The summed E-state index contributed by atoms with van der Waals surface area (Å²) in [4.78, 5) is 2.33. The highest BCUT2D eigenvalue weighted by Gasteiger charge is 2.38. The Balaban J connectivity index is 2.11. The molecule has 0 spiro atoms. The van der Waals surface area contributed by atoms with Crippen molar-refractivity contribution in [3.63, 3.8) is 0 Å². The number of benzene rings is 2. The molecule has 1 aliphatic heterocycles. The number of nitrogens with one attached hydrogen (secondary N) is 1. The van der Waals surface area contributed by atoms with Crippen molar-refractivity contribution in [3.05, 3.63) is 48.3 Å². The molecule has 5 nitrogen and oxygen atoms in total. The Hall–Kier alpha value is -2.19. The van der Waals surface area contributed by atoms with Crippen molar-refractivity contribution < 1.29 is 17.5 Å². The first-order valence-corrected chi connectivity index (χ1v) is 9.78. The molecule has 0 aromatic heterocycles. The Bertz CT molecular complexity index is 941. The molecule has 0 fully saturated rings. The van der Waals surface area contributed by atoms with Gasteiger partial charge in [0.1, 0.15) is 16.6 Å². The first kappa shape index (κ1) is 17.6. The number of ether oxygens (including phenoxy) is 1. The molecule has 3 rings (SSSR count). The van der Waals surface area contributed by atoms with E-state index in [2.05, 4.69) is 4.72 Å². The Kier molecular flexibility index (Phi) is 4.20. The number of hydrogen-bond donors (Lipinski definition) is 1. The lowest BCUT2D eigenvalue weighted by atomic mass is 10.0. The number of nitrogens with zero attached hydrogens (tertiary/aromatic N) is 1. The quantitative estimate of drug-likeness (QED) is 0.820. The highest BCUT2D eigenvalue weighted by Crippen LogP contribution is 2.43.